The highest BCUT2D eigenvalue weighted by molar-refractivity contribution is 9.11. The molecule has 0 heterocycles. The smallest absolute Gasteiger partial charge is 0.123 e. The normalized spacial score (nSPS) is 12.5. The molecule has 0 aliphatic heterocycles. The van der Waals surface area contributed by atoms with Gasteiger partial charge in [-0.1, -0.05) is 37.9 Å². The van der Waals surface area contributed by atoms with Crippen LogP contribution in [0.15, 0.2) is 45.3 Å². The summed E-state index contributed by atoms with van der Waals surface area (Å²) in [5, 5.41) is 10.3. The average Bonchev–Trinajstić information content (AvgIpc) is 2.26. The summed E-state index contributed by atoms with van der Waals surface area (Å²) in [6, 6.07) is 9.98. The third-order valence-electron chi connectivity index (χ3n) is 2.73. The number of hydrogen-bond donors (Lipinski definition) is 1. The van der Waals surface area contributed by atoms with E-state index in [1.807, 2.05) is 18.2 Å². The minimum atomic E-state index is -0.764. The fourth-order valence-electron chi connectivity index (χ4n) is 1.86. The third-order valence-corrected chi connectivity index (χ3v) is 3.64. The topological polar surface area (TPSA) is 20.2 Å². The Kier molecular flexibility index (Phi) is 4.20. The molecular formula is C14H11Br2FO. The van der Waals surface area contributed by atoms with Crippen molar-refractivity contribution in [3.63, 3.8) is 0 Å². The highest BCUT2D eigenvalue weighted by Gasteiger charge is 2.14. The number of rotatable bonds is 2. The molecule has 0 bridgehead atoms. The van der Waals surface area contributed by atoms with Crippen LogP contribution in [-0.2, 0) is 0 Å². The first-order valence-electron chi connectivity index (χ1n) is 5.37. The highest BCUT2D eigenvalue weighted by atomic mass is 79.9. The van der Waals surface area contributed by atoms with Crippen LogP contribution in [0.2, 0.25) is 0 Å². The Bertz CT molecular complexity index is 564. The summed E-state index contributed by atoms with van der Waals surface area (Å²) in [5.41, 5.74) is 2.20. The van der Waals surface area contributed by atoms with Gasteiger partial charge in [0, 0.05) is 8.95 Å². The first-order chi connectivity index (χ1) is 8.47. The van der Waals surface area contributed by atoms with Gasteiger partial charge in [-0.15, -0.1) is 0 Å². The van der Waals surface area contributed by atoms with Crippen LogP contribution >= 0.6 is 31.9 Å². The summed E-state index contributed by atoms with van der Waals surface area (Å²) in [5.74, 6) is -0.293. The largest absolute Gasteiger partial charge is 0.384 e. The molecule has 0 saturated carbocycles. The molecule has 2 rings (SSSR count). The fraction of sp³-hybridized carbons (Fsp3) is 0.143. The summed E-state index contributed by atoms with van der Waals surface area (Å²) >= 11 is 6.77. The lowest BCUT2D eigenvalue weighted by molar-refractivity contribution is 0.219. The van der Waals surface area contributed by atoms with Gasteiger partial charge in [0.2, 0.25) is 0 Å². The van der Waals surface area contributed by atoms with Gasteiger partial charge in [0.05, 0.1) is 0 Å². The number of hydrogen-bond acceptors (Lipinski definition) is 1. The van der Waals surface area contributed by atoms with Gasteiger partial charge < -0.3 is 5.11 Å². The summed E-state index contributed by atoms with van der Waals surface area (Å²) < 4.78 is 14.8. The van der Waals surface area contributed by atoms with Crippen LogP contribution in [0.1, 0.15) is 22.8 Å². The number of benzene rings is 2. The van der Waals surface area contributed by atoms with Crippen molar-refractivity contribution in [2.45, 2.75) is 13.0 Å². The van der Waals surface area contributed by atoms with Crippen LogP contribution in [0.4, 0.5) is 4.39 Å². The van der Waals surface area contributed by atoms with Crippen molar-refractivity contribution in [1.82, 2.24) is 0 Å². The molecule has 4 heteroatoms. The predicted octanol–water partition coefficient (Wildman–Crippen LogP) is 4.74. The second-order valence-corrected chi connectivity index (χ2v) is 5.94. The molecule has 0 aliphatic rings. The zero-order chi connectivity index (χ0) is 13.3. The first-order valence-corrected chi connectivity index (χ1v) is 6.96. The van der Waals surface area contributed by atoms with Crippen molar-refractivity contribution < 1.29 is 9.50 Å². The molecule has 1 nitrogen and oxygen atoms in total. The maximum absolute atomic E-state index is 13.0. The molecule has 0 radical (unpaired) electrons. The molecule has 0 fully saturated rings. The van der Waals surface area contributed by atoms with E-state index in [0.29, 0.717) is 5.56 Å². The molecule has 0 aromatic heterocycles. The minimum absolute atomic E-state index is 0.293. The Morgan fingerprint density at radius 1 is 1.06 bits per heavy atom. The zero-order valence-electron chi connectivity index (χ0n) is 9.62. The first kappa shape index (κ1) is 13.7. The quantitative estimate of drug-likeness (QED) is 0.805. The van der Waals surface area contributed by atoms with Gasteiger partial charge in [0.1, 0.15) is 11.9 Å². The third kappa shape index (κ3) is 2.99. The van der Waals surface area contributed by atoms with Crippen molar-refractivity contribution in [2.24, 2.45) is 0 Å². The lowest BCUT2D eigenvalue weighted by atomic mass is 9.97. The molecule has 2 aromatic carbocycles. The Labute approximate surface area is 122 Å². The van der Waals surface area contributed by atoms with E-state index in [1.54, 1.807) is 13.0 Å². The maximum Gasteiger partial charge on any atom is 0.123 e. The van der Waals surface area contributed by atoms with Crippen molar-refractivity contribution in [2.75, 3.05) is 0 Å². The molecule has 1 atom stereocenters. The van der Waals surface area contributed by atoms with Crippen LogP contribution < -0.4 is 0 Å². The summed E-state index contributed by atoms with van der Waals surface area (Å²) in [7, 11) is 0. The van der Waals surface area contributed by atoms with Gasteiger partial charge in [-0.3, -0.25) is 0 Å². The van der Waals surface area contributed by atoms with Gasteiger partial charge in [0.15, 0.2) is 0 Å². The number of halogens is 3. The zero-order valence-corrected chi connectivity index (χ0v) is 12.8. The van der Waals surface area contributed by atoms with E-state index in [9.17, 15) is 9.50 Å². The number of aliphatic hydroxyl groups is 1. The van der Waals surface area contributed by atoms with E-state index >= 15 is 0 Å². The van der Waals surface area contributed by atoms with Crippen LogP contribution in [0.25, 0.3) is 0 Å². The second-order valence-electron chi connectivity index (χ2n) is 4.11. The molecule has 0 aliphatic carbocycles. The lowest BCUT2D eigenvalue weighted by Gasteiger charge is -2.15. The van der Waals surface area contributed by atoms with Crippen LogP contribution in [0, 0.1) is 12.7 Å². The maximum atomic E-state index is 13.0. The van der Waals surface area contributed by atoms with Crippen LogP contribution in [0.3, 0.4) is 0 Å². The minimum Gasteiger partial charge on any atom is -0.384 e. The van der Waals surface area contributed by atoms with E-state index in [1.165, 1.54) is 12.1 Å². The van der Waals surface area contributed by atoms with Crippen molar-refractivity contribution >= 4 is 31.9 Å². The summed E-state index contributed by atoms with van der Waals surface area (Å²) in [6.45, 7) is 1.79. The van der Waals surface area contributed by atoms with E-state index in [4.69, 9.17) is 0 Å². The van der Waals surface area contributed by atoms with Crippen molar-refractivity contribution in [3.05, 3.63) is 67.9 Å². The standard InChI is InChI=1S/C14H11Br2FO/c1-8-4-12(17)2-3-13(8)14(18)9-5-10(15)7-11(16)6-9/h2-7,14,18H,1H3. The van der Waals surface area contributed by atoms with Crippen molar-refractivity contribution in [3.8, 4) is 0 Å². The Morgan fingerprint density at radius 3 is 2.22 bits per heavy atom. The van der Waals surface area contributed by atoms with Gasteiger partial charge in [-0.2, -0.15) is 0 Å². The number of aliphatic hydroxyl groups excluding tert-OH is 1. The molecule has 18 heavy (non-hydrogen) atoms. The molecular weight excluding hydrogens is 363 g/mol. The van der Waals surface area contributed by atoms with Crippen molar-refractivity contribution in [1.29, 1.82) is 0 Å². The molecule has 0 spiro atoms. The summed E-state index contributed by atoms with van der Waals surface area (Å²) in [6.07, 6.45) is -0.764. The van der Waals surface area contributed by atoms with Gasteiger partial charge in [0.25, 0.3) is 0 Å². The Balaban J connectivity index is 2.44. The highest BCUT2D eigenvalue weighted by Crippen LogP contribution is 2.29. The van der Waals surface area contributed by atoms with E-state index in [-0.39, 0.29) is 5.82 Å². The molecule has 1 N–H and O–H groups in total. The van der Waals surface area contributed by atoms with Crippen LogP contribution in [-0.4, -0.2) is 5.11 Å². The average molecular weight is 374 g/mol. The molecule has 1 unspecified atom stereocenters. The molecule has 94 valence electrons. The van der Waals surface area contributed by atoms with E-state index in [0.717, 1.165) is 20.1 Å². The predicted molar refractivity (Wildman–Crippen MR) is 77.0 cm³/mol. The molecule has 0 amide bonds. The molecule has 2 aromatic rings. The van der Waals surface area contributed by atoms with Crippen LogP contribution in [0.5, 0.6) is 0 Å². The lowest BCUT2D eigenvalue weighted by Crippen LogP contribution is -2.02. The fourth-order valence-corrected chi connectivity index (χ4v) is 3.19. The molecule has 0 saturated heterocycles. The van der Waals surface area contributed by atoms with Gasteiger partial charge in [-0.05, 0) is 53.9 Å². The summed E-state index contributed by atoms with van der Waals surface area (Å²) in [4.78, 5) is 0. The second kappa shape index (κ2) is 5.51. The monoisotopic (exact) mass is 372 g/mol. The van der Waals surface area contributed by atoms with Gasteiger partial charge in [-0.25, -0.2) is 4.39 Å². The van der Waals surface area contributed by atoms with Gasteiger partial charge >= 0.3 is 0 Å². The van der Waals surface area contributed by atoms with E-state index in [2.05, 4.69) is 31.9 Å². The SMILES string of the molecule is Cc1cc(F)ccc1C(O)c1cc(Br)cc(Br)c1. The number of aryl methyl sites for hydroxylation is 1. The Morgan fingerprint density at radius 2 is 1.67 bits per heavy atom. The van der Waals surface area contributed by atoms with E-state index < -0.39 is 6.10 Å². The Hall–Kier alpha value is -0.710.